The van der Waals surface area contributed by atoms with Gasteiger partial charge >= 0.3 is 12.0 Å². The van der Waals surface area contributed by atoms with Crippen LogP contribution in [0, 0.1) is 0 Å². The summed E-state index contributed by atoms with van der Waals surface area (Å²) in [5.74, 6) is -2.06. The van der Waals surface area contributed by atoms with E-state index >= 15 is 0 Å². The van der Waals surface area contributed by atoms with Crippen LogP contribution in [0.25, 0.3) is 0 Å². The van der Waals surface area contributed by atoms with Crippen LogP contribution in [0.2, 0.25) is 10.0 Å². The van der Waals surface area contributed by atoms with Crippen LogP contribution < -0.4 is 16.0 Å². The second-order valence-corrected chi connectivity index (χ2v) is 6.32. The van der Waals surface area contributed by atoms with Crippen LogP contribution in [0.3, 0.4) is 0 Å². The predicted molar refractivity (Wildman–Crippen MR) is 102 cm³/mol. The van der Waals surface area contributed by atoms with Gasteiger partial charge in [0.1, 0.15) is 6.04 Å². The SMILES string of the molecule is O=C(NCc1ccccc1)NCC(NC(=O)c1c(Cl)cccc1Cl)C(=O)O. The van der Waals surface area contributed by atoms with Crippen molar-refractivity contribution in [1.82, 2.24) is 16.0 Å². The number of carboxylic acids is 1. The molecule has 7 nitrogen and oxygen atoms in total. The molecular weight excluding hydrogens is 393 g/mol. The van der Waals surface area contributed by atoms with Crippen molar-refractivity contribution in [3.63, 3.8) is 0 Å². The highest BCUT2D eigenvalue weighted by molar-refractivity contribution is 6.39. The van der Waals surface area contributed by atoms with Crippen LogP contribution in [0.5, 0.6) is 0 Å². The number of aliphatic carboxylic acids is 1. The van der Waals surface area contributed by atoms with Crippen molar-refractivity contribution in [2.45, 2.75) is 12.6 Å². The topological polar surface area (TPSA) is 108 Å². The molecule has 0 spiro atoms. The van der Waals surface area contributed by atoms with Gasteiger partial charge in [0.25, 0.3) is 5.91 Å². The summed E-state index contributed by atoms with van der Waals surface area (Å²) < 4.78 is 0. The minimum Gasteiger partial charge on any atom is -0.480 e. The molecule has 0 saturated heterocycles. The van der Waals surface area contributed by atoms with E-state index in [1.54, 1.807) is 6.07 Å². The van der Waals surface area contributed by atoms with Crippen LogP contribution in [0.4, 0.5) is 4.79 Å². The number of nitrogens with one attached hydrogen (secondary N) is 3. The Morgan fingerprint density at radius 3 is 2.15 bits per heavy atom. The molecule has 142 valence electrons. The summed E-state index contributed by atoms with van der Waals surface area (Å²) in [6.45, 7) is -0.0320. The van der Waals surface area contributed by atoms with Crippen molar-refractivity contribution < 1.29 is 19.5 Å². The van der Waals surface area contributed by atoms with E-state index in [9.17, 15) is 19.5 Å². The molecule has 0 aromatic heterocycles. The molecule has 0 heterocycles. The summed E-state index contributed by atoms with van der Waals surface area (Å²) in [7, 11) is 0. The van der Waals surface area contributed by atoms with Crippen LogP contribution >= 0.6 is 23.2 Å². The number of rotatable bonds is 7. The van der Waals surface area contributed by atoms with Crippen LogP contribution in [-0.4, -0.2) is 35.6 Å². The molecule has 0 bridgehead atoms. The van der Waals surface area contributed by atoms with Gasteiger partial charge < -0.3 is 21.1 Å². The minimum atomic E-state index is -1.35. The predicted octanol–water partition coefficient (Wildman–Crippen LogP) is 2.68. The average Bonchev–Trinajstić information content (AvgIpc) is 2.63. The maximum absolute atomic E-state index is 12.3. The van der Waals surface area contributed by atoms with Crippen molar-refractivity contribution in [3.8, 4) is 0 Å². The summed E-state index contributed by atoms with van der Waals surface area (Å²) in [4.78, 5) is 35.5. The number of urea groups is 1. The van der Waals surface area contributed by atoms with Gasteiger partial charge in [-0.25, -0.2) is 9.59 Å². The first-order valence-corrected chi connectivity index (χ1v) is 8.67. The molecule has 3 amide bonds. The van der Waals surface area contributed by atoms with Gasteiger partial charge in [-0.2, -0.15) is 0 Å². The summed E-state index contributed by atoms with van der Waals surface area (Å²) in [5, 5.41) is 16.8. The number of halogens is 2. The van der Waals surface area contributed by atoms with Gasteiger partial charge in [0.15, 0.2) is 0 Å². The van der Waals surface area contributed by atoms with Crippen molar-refractivity contribution >= 4 is 41.1 Å². The van der Waals surface area contributed by atoms with Gasteiger partial charge in [-0.3, -0.25) is 4.79 Å². The largest absolute Gasteiger partial charge is 0.480 e. The lowest BCUT2D eigenvalue weighted by molar-refractivity contribution is -0.139. The van der Waals surface area contributed by atoms with E-state index in [4.69, 9.17) is 23.2 Å². The van der Waals surface area contributed by atoms with E-state index in [0.717, 1.165) is 5.56 Å². The number of carbonyl (C=O) groups excluding carboxylic acids is 2. The lowest BCUT2D eigenvalue weighted by atomic mass is 10.2. The molecule has 1 unspecified atom stereocenters. The summed E-state index contributed by atoms with van der Waals surface area (Å²) in [6.07, 6.45) is 0. The highest BCUT2D eigenvalue weighted by atomic mass is 35.5. The smallest absolute Gasteiger partial charge is 0.328 e. The Morgan fingerprint density at radius 2 is 1.56 bits per heavy atom. The number of carbonyl (C=O) groups is 3. The third kappa shape index (κ3) is 6.16. The highest BCUT2D eigenvalue weighted by Gasteiger charge is 2.23. The standard InChI is InChI=1S/C18H17Cl2N3O4/c19-12-7-4-8-13(20)15(12)16(24)23-14(17(25)26)10-22-18(27)21-9-11-5-2-1-3-6-11/h1-8,14H,9-10H2,(H,23,24)(H,25,26)(H2,21,22,27). The molecule has 2 aromatic rings. The van der Waals surface area contributed by atoms with Gasteiger partial charge in [-0.15, -0.1) is 0 Å². The Morgan fingerprint density at radius 1 is 0.926 bits per heavy atom. The number of hydrogen-bond donors (Lipinski definition) is 4. The monoisotopic (exact) mass is 409 g/mol. The maximum Gasteiger partial charge on any atom is 0.328 e. The molecule has 0 saturated carbocycles. The zero-order valence-corrected chi connectivity index (χ0v) is 15.6. The summed E-state index contributed by atoms with van der Waals surface area (Å²) in [6, 6.07) is 11.8. The summed E-state index contributed by atoms with van der Waals surface area (Å²) >= 11 is 11.9. The Balaban J connectivity index is 1.90. The summed E-state index contributed by atoms with van der Waals surface area (Å²) in [5.41, 5.74) is 0.865. The lowest BCUT2D eigenvalue weighted by Gasteiger charge is -2.16. The Kier molecular flexibility index (Phi) is 7.45. The van der Waals surface area contributed by atoms with Crippen molar-refractivity contribution in [1.29, 1.82) is 0 Å². The number of hydrogen-bond acceptors (Lipinski definition) is 3. The van der Waals surface area contributed by atoms with Crippen molar-refractivity contribution in [2.75, 3.05) is 6.54 Å². The molecule has 9 heteroatoms. The van der Waals surface area contributed by atoms with Crippen LogP contribution in [0.1, 0.15) is 15.9 Å². The van der Waals surface area contributed by atoms with E-state index < -0.39 is 23.9 Å². The zero-order chi connectivity index (χ0) is 19.8. The maximum atomic E-state index is 12.3. The molecule has 0 aliphatic rings. The van der Waals surface area contributed by atoms with E-state index in [1.807, 2.05) is 30.3 Å². The van der Waals surface area contributed by atoms with E-state index in [2.05, 4.69) is 16.0 Å². The molecule has 1 atom stereocenters. The molecule has 4 N–H and O–H groups in total. The van der Waals surface area contributed by atoms with Crippen LogP contribution in [0.15, 0.2) is 48.5 Å². The number of carboxylic acid groups (broad SMARTS) is 1. The quantitative estimate of drug-likeness (QED) is 0.563. The Bertz CT molecular complexity index is 810. The first-order chi connectivity index (χ1) is 12.9. The van der Waals surface area contributed by atoms with E-state index in [-0.39, 0.29) is 28.7 Å². The van der Waals surface area contributed by atoms with Crippen molar-refractivity contribution in [2.24, 2.45) is 0 Å². The second-order valence-electron chi connectivity index (χ2n) is 5.51. The molecule has 27 heavy (non-hydrogen) atoms. The molecule has 0 radical (unpaired) electrons. The lowest BCUT2D eigenvalue weighted by Crippen LogP contribution is -2.50. The minimum absolute atomic E-state index is 0.0272. The Labute approximate surface area is 165 Å². The first kappa shape index (κ1) is 20.5. The fourth-order valence-electron chi connectivity index (χ4n) is 2.18. The second kappa shape index (κ2) is 9.80. The van der Waals surface area contributed by atoms with Gasteiger partial charge in [0, 0.05) is 6.54 Å². The normalized spacial score (nSPS) is 11.3. The number of amides is 3. The molecule has 0 aliphatic heterocycles. The average molecular weight is 410 g/mol. The van der Waals surface area contributed by atoms with Gasteiger partial charge in [0.05, 0.1) is 22.2 Å². The third-order valence-electron chi connectivity index (χ3n) is 3.56. The Hall–Kier alpha value is -2.77. The molecular formula is C18H17Cl2N3O4. The van der Waals surface area contributed by atoms with E-state index in [1.165, 1.54) is 12.1 Å². The van der Waals surface area contributed by atoms with Gasteiger partial charge in [-0.05, 0) is 17.7 Å². The molecule has 0 aliphatic carbocycles. The molecule has 0 fully saturated rings. The van der Waals surface area contributed by atoms with E-state index in [0.29, 0.717) is 0 Å². The zero-order valence-electron chi connectivity index (χ0n) is 14.0. The highest BCUT2D eigenvalue weighted by Crippen LogP contribution is 2.24. The number of benzene rings is 2. The van der Waals surface area contributed by atoms with Crippen LogP contribution in [-0.2, 0) is 11.3 Å². The fourth-order valence-corrected chi connectivity index (χ4v) is 2.75. The van der Waals surface area contributed by atoms with Gasteiger partial charge in [0.2, 0.25) is 0 Å². The molecule has 2 rings (SSSR count). The fraction of sp³-hybridized carbons (Fsp3) is 0.167. The first-order valence-electron chi connectivity index (χ1n) is 7.91. The molecule has 2 aromatic carbocycles. The third-order valence-corrected chi connectivity index (χ3v) is 4.19. The van der Waals surface area contributed by atoms with Crippen molar-refractivity contribution in [3.05, 3.63) is 69.7 Å². The van der Waals surface area contributed by atoms with Gasteiger partial charge in [-0.1, -0.05) is 59.6 Å².